The van der Waals surface area contributed by atoms with Crippen LogP contribution in [0.25, 0.3) is 0 Å². The number of aromatic amines is 1. The Morgan fingerprint density at radius 1 is 1.39 bits per heavy atom. The third-order valence-corrected chi connectivity index (χ3v) is 2.77. The van der Waals surface area contributed by atoms with Crippen molar-refractivity contribution in [2.45, 2.75) is 19.3 Å². The van der Waals surface area contributed by atoms with Crippen LogP contribution in [0.4, 0.5) is 0 Å². The lowest BCUT2D eigenvalue weighted by Crippen LogP contribution is -2.24. The summed E-state index contributed by atoms with van der Waals surface area (Å²) in [7, 11) is 0. The molecule has 0 aliphatic heterocycles. The highest BCUT2D eigenvalue weighted by molar-refractivity contribution is 9.10. The Morgan fingerprint density at radius 2 is 2.17 bits per heavy atom. The van der Waals surface area contributed by atoms with E-state index in [1.807, 2.05) is 0 Å². The van der Waals surface area contributed by atoms with Gasteiger partial charge in [0, 0.05) is 23.8 Å². The number of aromatic nitrogens is 1. The normalized spacial score (nSPS) is 10.1. The zero-order chi connectivity index (χ0) is 13.4. The second kappa shape index (κ2) is 7.75. The summed E-state index contributed by atoms with van der Waals surface area (Å²) >= 11 is 3.28. The number of guanidine groups is 1. The fourth-order valence-electron chi connectivity index (χ4n) is 1.42. The number of unbranched alkanes of at least 4 members (excludes halogenated alkanes) is 2. The first-order chi connectivity index (χ1) is 8.59. The van der Waals surface area contributed by atoms with Gasteiger partial charge in [0.15, 0.2) is 5.96 Å². The summed E-state index contributed by atoms with van der Waals surface area (Å²) in [5, 5.41) is 2.84. The van der Waals surface area contributed by atoms with Crippen LogP contribution in [0.1, 0.15) is 29.8 Å². The van der Waals surface area contributed by atoms with E-state index in [0.29, 0.717) is 18.8 Å². The Hall–Kier alpha value is -1.50. The number of nitrogens with two attached hydrogens (primary N) is 2. The van der Waals surface area contributed by atoms with Crippen molar-refractivity contribution in [1.29, 1.82) is 0 Å². The van der Waals surface area contributed by atoms with Gasteiger partial charge in [-0.05, 0) is 41.3 Å². The van der Waals surface area contributed by atoms with Gasteiger partial charge in [0.2, 0.25) is 0 Å². The van der Waals surface area contributed by atoms with E-state index in [-0.39, 0.29) is 11.9 Å². The summed E-state index contributed by atoms with van der Waals surface area (Å²) in [5.74, 6) is 0.0329. The van der Waals surface area contributed by atoms with Gasteiger partial charge in [-0.1, -0.05) is 0 Å². The molecule has 6 nitrogen and oxygen atoms in total. The molecule has 0 saturated heterocycles. The SMILES string of the molecule is NC(N)=NCCCCCNC(=O)c1cc(Br)c[nH]1. The van der Waals surface area contributed by atoms with Gasteiger partial charge < -0.3 is 21.8 Å². The predicted octanol–water partition coefficient (Wildman–Crippen LogP) is 0.951. The lowest BCUT2D eigenvalue weighted by atomic mass is 10.2. The highest BCUT2D eigenvalue weighted by Crippen LogP contribution is 2.10. The van der Waals surface area contributed by atoms with Gasteiger partial charge in [0.1, 0.15) is 5.69 Å². The second-order valence-corrected chi connectivity index (χ2v) is 4.77. The molecule has 0 bridgehead atoms. The van der Waals surface area contributed by atoms with Crippen LogP contribution < -0.4 is 16.8 Å². The second-order valence-electron chi connectivity index (χ2n) is 3.85. The molecule has 7 heteroatoms. The van der Waals surface area contributed by atoms with E-state index >= 15 is 0 Å². The molecule has 0 radical (unpaired) electrons. The molecule has 0 aliphatic carbocycles. The van der Waals surface area contributed by atoms with Crippen LogP contribution in [-0.2, 0) is 0 Å². The minimum Gasteiger partial charge on any atom is -0.370 e. The van der Waals surface area contributed by atoms with Gasteiger partial charge in [-0.3, -0.25) is 9.79 Å². The minimum atomic E-state index is -0.0927. The van der Waals surface area contributed by atoms with E-state index in [9.17, 15) is 4.79 Å². The standard InChI is InChI=1S/C11H18BrN5O/c12-8-6-9(17-7-8)10(18)15-4-2-1-3-5-16-11(13)14/h6-7,17H,1-5H2,(H,15,18)(H4,13,14,16). The third-order valence-electron chi connectivity index (χ3n) is 2.31. The summed E-state index contributed by atoms with van der Waals surface area (Å²) in [4.78, 5) is 18.4. The summed E-state index contributed by atoms with van der Waals surface area (Å²) in [6.45, 7) is 1.29. The van der Waals surface area contributed by atoms with Crippen LogP contribution in [0.3, 0.4) is 0 Å². The quantitative estimate of drug-likeness (QED) is 0.341. The molecule has 1 amide bonds. The molecular weight excluding hydrogens is 298 g/mol. The minimum absolute atomic E-state index is 0.0927. The first-order valence-corrected chi connectivity index (χ1v) is 6.56. The molecule has 0 fully saturated rings. The molecular formula is C11H18BrN5O. The number of nitrogens with zero attached hydrogens (tertiary/aromatic N) is 1. The van der Waals surface area contributed by atoms with E-state index in [0.717, 1.165) is 23.7 Å². The Bertz CT molecular complexity index is 411. The summed E-state index contributed by atoms with van der Waals surface area (Å²) in [6.07, 6.45) is 4.53. The van der Waals surface area contributed by atoms with E-state index in [1.165, 1.54) is 0 Å². The van der Waals surface area contributed by atoms with Crippen molar-refractivity contribution in [3.8, 4) is 0 Å². The fourth-order valence-corrected chi connectivity index (χ4v) is 1.76. The van der Waals surface area contributed by atoms with Crippen molar-refractivity contribution in [3.05, 3.63) is 22.4 Å². The largest absolute Gasteiger partial charge is 0.370 e. The molecule has 0 aliphatic rings. The van der Waals surface area contributed by atoms with E-state index in [2.05, 4.69) is 31.2 Å². The molecule has 0 saturated carbocycles. The molecule has 0 spiro atoms. The van der Waals surface area contributed by atoms with Crippen LogP contribution in [0, 0.1) is 0 Å². The number of carbonyl (C=O) groups excluding carboxylic acids is 1. The monoisotopic (exact) mass is 315 g/mol. The van der Waals surface area contributed by atoms with Crippen LogP contribution in [0.15, 0.2) is 21.7 Å². The highest BCUT2D eigenvalue weighted by Gasteiger charge is 2.06. The maximum atomic E-state index is 11.6. The van der Waals surface area contributed by atoms with Crippen molar-refractivity contribution in [2.75, 3.05) is 13.1 Å². The molecule has 1 heterocycles. The van der Waals surface area contributed by atoms with Crippen molar-refractivity contribution in [2.24, 2.45) is 16.5 Å². The van der Waals surface area contributed by atoms with Gasteiger partial charge in [0.25, 0.3) is 5.91 Å². The van der Waals surface area contributed by atoms with Gasteiger partial charge in [-0.15, -0.1) is 0 Å². The van der Waals surface area contributed by atoms with E-state index in [1.54, 1.807) is 12.3 Å². The summed E-state index contributed by atoms with van der Waals surface area (Å²) in [5.41, 5.74) is 11.0. The van der Waals surface area contributed by atoms with Crippen molar-refractivity contribution in [3.63, 3.8) is 0 Å². The Morgan fingerprint density at radius 3 is 2.78 bits per heavy atom. The number of halogens is 1. The molecule has 0 atom stereocenters. The lowest BCUT2D eigenvalue weighted by molar-refractivity contribution is 0.0948. The van der Waals surface area contributed by atoms with Crippen LogP contribution >= 0.6 is 15.9 Å². The lowest BCUT2D eigenvalue weighted by Gasteiger charge is -2.03. The Balaban J connectivity index is 2.08. The predicted molar refractivity (Wildman–Crippen MR) is 75.4 cm³/mol. The summed E-state index contributed by atoms with van der Waals surface area (Å²) < 4.78 is 0.866. The Kier molecular flexibility index (Phi) is 6.27. The van der Waals surface area contributed by atoms with Crippen molar-refractivity contribution in [1.82, 2.24) is 10.3 Å². The van der Waals surface area contributed by atoms with Gasteiger partial charge in [-0.25, -0.2) is 0 Å². The number of rotatable bonds is 7. The molecule has 1 aromatic rings. The average molecular weight is 316 g/mol. The van der Waals surface area contributed by atoms with E-state index in [4.69, 9.17) is 11.5 Å². The first-order valence-electron chi connectivity index (χ1n) is 5.77. The molecule has 6 N–H and O–H groups in total. The Labute approximate surface area is 114 Å². The maximum Gasteiger partial charge on any atom is 0.267 e. The van der Waals surface area contributed by atoms with Gasteiger partial charge >= 0.3 is 0 Å². The molecule has 1 rings (SSSR count). The highest BCUT2D eigenvalue weighted by atomic mass is 79.9. The number of nitrogens with one attached hydrogen (secondary N) is 2. The van der Waals surface area contributed by atoms with Gasteiger partial charge in [0.05, 0.1) is 0 Å². The molecule has 0 unspecified atom stereocenters. The topological polar surface area (TPSA) is 109 Å². The van der Waals surface area contributed by atoms with Crippen LogP contribution in [0.2, 0.25) is 0 Å². The number of hydrogen-bond acceptors (Lipinski definition) is 2. The number of amides is 1. The van der Waals surface area contributed by atoms with Crippen LogP contribution in [-0.4, -0.2) is 29.9 Å². The van der Waals surface area contributed by atoms with Crippen LogP contribution in [0.5, 0.6) is 0 Å². The fraction of sp³-hybridized carbons (Fsp3) is 0.455. The number of H-pyrrole nitrogens is 1. The van der Waals surface area contributed by atoms with Crippen molar-refractivity contribution < 1.29 is 4.79 Å². The van der Waals surface area contributed by atoms with Gasteiger partial charge in [-0.2, -0.15) is 0 Å². The average Bonchev–Trinajstić information content (AvgIpc) is 2.74. The number of carbonyl (C=O) groups is 1. The molecule has 1 aromatic heterocycles. The molecule has 0 aromatic carbocycles. The third kappa shape index (κ3) is 5.72. The molecule has 18 heavy (non-hydrogen) atoms. The number of aliphatic imine (C=N–C) groups is 1. The maximum absolute atomic E-state index is 11.6. The zero-order valence-corrected chi connectivity index (χ0v) is 11.7. The van der Waals surface area contributed by atoms with Crippen molar-refractivity contribution >= 4 is 27.8 Å². The zero-order valence-electron chi connectivity index (χ0n) is 10.1. The number of hydrogen-bond donors (Lipinski definition) is 4. The molecule has 100 valence electrons. The first kappa shape index (κ1) is 14.6. The summed E-state index contributed by atoms with van der Waals surface area (Å²) in [6, 6.07) is 1.74. The van der Waals surface area contributed by atoms with E-state index < -0.39 is 0 Å². The smallest absolute Gasteiger partial charge is 0.267 e.